The van der Waals surface area contributed by atoms with Gasteiger partial charge in [0, 0.05) is 13.1 Å². The Morgan fingerprint density at radius 2 is 1.82 bits per heavy atom. The van der Waals surface area contributed by atoms with E-state index in [-0.39, 0.29) is 12.0 Å². The molecule has 0 amide bonds. The van der Waals surface area contributed by atoms with Crippen LogP contribution in [-0.2, 0) is 4.74 Å². The molecule has 4 nitrogen and oxygen atoms in total. The van der Waals surface area contributed by atoms with Crippen LogP contribution in [0.15, 0.2) is 0 Å². The van der Waals surface area contributed by atoms with Crippen LogP contribution in [0.3, 0.4) is 0 Å². The van der Waals surface area contributed by atoms with Crippen LogP contribution in [0.1, 0.15) is 39.5 Å². The summed E-state index contributed by atoms with van der Waals surface area (Å²) in [6.45, 7) is 5.36. The zero-order chi connectivity index (χ0) is 12.7. The average molecular weight is 245 g/mol. The van der Waals surface area contributed by atoms with E-state index in [0.717, 1.165) is 12.8 Å². The molecule has 0 spiro atoms. The van der Waals surface area contributed by atoms with Crippen molar-refractivity contribution in [3.63, 3.8) is 0 Å². The molecular formula is C13H27NO3. The first-order chi connectivity index (χ1) is 8.09. The smallest absolute Gasteiger partial charge is 0.0897 e. The molecule has 0 aliphatic heterocycles. The summed E-state index contributed by atoms with van der Waals surface area (Å²) in [5.74, 6) is 0.245. The number of aliphatic hydroxyl groups is 2. The SMILES string of the molecule is CC(C)C(O)CNCC(O)COC1CCCC1. The molecule has 1 aliphatic carbocycles. The Kier molecular flexibility index (Phi) is 7.04. The third-order valence-electron chi connectivity index (χ3n) is 3.33. The number of nitrogens with one attached hydrogen (secondary N) is 1. The third-order valence-corrected chi connectivity index (χ3v) is 3.33. The highest BCUT2D eigenvalue weighted by Gasteiger charge is 2.17. The molecule has 2 atom stereocenters. The van der Waals surface area contributed by atoms with Gasteiger partial charge in [-0.15, -0.1) is 0 Å². The molecule has 1 rings (SSSR count). The summed E-state index contributed by atoms with van der Waals surface area (Å²) in [5, 5.41) is 22.3. The molecule has 1 fully saturated rings. The highest BCUT2D eigenvalue weighted by Crippen LogP contribution is 2.20. The lowest BCUT2D eigenvalue weighted by Gasteiger charge is -2.18. The largest absolute Gasteiger partial charge is 0.392 e. The fourth-order valence-electron chi connectivity index (χ4n) is 1.99. The minimum atomic E-state index is -0.477. The summed E-state index contributed by atoms with van der Waals surface area (Å²) in [6, 6.07) is 0. The first-order valence-corrected chi connectivity index (χ1v) is 6.78. The fraction of sp³-hybridized carbons (Fsp3) is 1.00. The van der Waals surface area contributed by atoms with E-state index < -0.39 is 6.10 Å². The van der Waals surface area contributed by atoms with Gasteiger partial charge in [0.2, 0.25) is 0 Å². The van der Waals surface area contributed by atoms with Crippen LogP contribution in [0.5, 0.6) is 0 Å². The van der Waals surface area contributed by atoms with Crippen molar-refractivity contribution in [1.29, 1.82) is 0 Å². The summed E-state index contributed by atoms with van der Waals surface area (Å²) in [6.07, 6.45) is 4.29. The van der Waals surface area contributed by atoms with Crippen LogP contribution in [0, 0.1) is 5.92 Å². The van der Waals surface area contributed by atoms with Crippen molar-refractivity contribution in [3.05, 3.63) is 0 Å². The lowest BCUT2D eigenvalue weighted by molar-refractivity contribution is -0.00663. The van der Waals surface area contributed by atoms with E-state index >= 15 is 0 Å². The Labute approximate surface area is 104 Å². The lowest BCUT2D eigenvalue weighted by Crippen LogP contribution is -2.37. The van der Waals surface area contributed by atoms with E-state index in [1.807, 2.05) is 13.8 Å². The first kappa shape index (κ1) is 14.9. The summed E-state index contributed by atoms with van der Waals surface area (Å²) < 4.78 is 5.62. The third kappa shape index (κ3) is 6.36. The van der Waals surface area contributed by atoms with Crippen LogP contribution in [0.25, 0.3) is 0 Å². The Morgan fingerprint density at radius 3 is 2.41 bits per heavy atom. The molecule has 0 heterocycles. The minimum Gasteiger partial charge on any atom is -0.392 e. The summed E-state index contributed by atoms with van der Waals surface area (Å²) in [5.41, 5.74) is 0. The van der Waals surface area contributed by atoms with Gasteiger partial charge in [-0.25, -0.2) is 0 Å². The zero-order valence-electron chi connectivity index (χ0n) is 11.1. The Balaban J connectivity index is 1.98. The van der Waals surface area contributed by atoms with Crippen molar-refractivity contribution in [2.45, 2.75) is 57.8 Å². The molecule has 3 N–H and O–H groups in total. The van der Waals surface area contributed by atoms with E-state index in [1.54, 1.807) is 0 Å². The molecule has 0 aromatic rings. The molecule has 102 valence electrons. The molecule has 0 aromatic heterocycles. The standard InChI is InChI=1S/C13H27NO3/c1-10(2)13(16)8-14-7-11(15)9-17-12-5-3-4-6-12/h10-16H,3-9H2,1-2H3. The average Bonchev–Trinajstić information content (AvgIpc) is 2.78. The van der Waals surface area contributed by atoms with Gasteiger partial charge in [-0.1, -0.05) is 26.7 Å². The quantitative estimate of drug-likeness (QED) is 0.595. The van der Waals surface area contributed by atoms with Gasteiger partial charge in [0.05, 0.1) is 24.9 Å². The van der Waals surface area contributed by atoms with Crippen molar-refractivity contribution in [2.24, 2.45) is 5.92 Å². The van der Waals surface area contributed by atoms with Crippen LogP contribution >= 0.6 is 0 Å². The number of hydrogen-bond acceptors (Lipinski definition) is 4. The number of ether oxygens (including phenoxy) is 1. The number of hydrogen-bond donors (Lipinski definition) is 3. The van der Waals surface area contributed by atoms with Crippen molar-refractivity contribution < 1.29 is 14.9 Å². The molecular weight excluding hydrogens is 218 g/mol. The number of aliphatic hydroxyl groups excluding tert-OH is 2. The van der Waals surface area contributed by atoms with E-state index in [1.165, 1.54) is 12.8 Å². The van der Waals surface area contributed by atoms with Gasteiger partial charge in [0.1, 0.15) is 0 Å². The van der Waals surface area contributed by atoms with E-state index in [2.05, 4.69) is 5.32 Å². The molecule has 0 bridgehead atoms. The van der Waals surface area contributed by atoms with Gasteiger partial charge in [-0.05, 0) is 18.8 Å². The molecule has 0 saturated heterocycles. The van der Waals surface area contributed by atoms with Crippen molar-refractivity contribution in [2.75, 3.05) is 19.7 Å². The monoisotopic (exact) mass is 245 g/mol. The highest BCUT2D eigenvalue weighted by atomic mass is 16.5. The van der Waals surface area contributed by atoms with Crippen molar-refractivity contribution in [1.82, 2.24) is 5.32 Å². The first-order valence-electron chi connectivity index (χ1n) is 6.78. The van der Waals surface area contributed by atoms with Crippen LogP contribution in [0.4, 0.5) is 0 Å². The van der Waals surface area contributed by atoms with Gasteiger partial charge in [0.25, 0.3) is 0 Å². The second-order valence-electron chi connectivity index (χ2n) is 5.36. The van der Waals surface area contributed by atoms with Crippen LogP contribution < -0.4 is 5.32 Å². The maximum Gasteiger partial charge on any atom is 0.0897 e. The van der Waals surface area contributed by atoms with Gasteiger partial charge in [-0.2, -0.15) is 0 Å². The van der Waals surface area contributed by atoms with Crippen LogP contribution in [-0.4, -0.2) is 48.2 Å². The van der Waals surface area contributed by atoms with Crippen molar-refractivity contribution in [3.8, 4) is 0 Å². The molecule has 17 heavy (non-hydrogen) atoms. The second kappa shape index (κ2) is 8.03. The lowest BCUT2D eigenvalue weighted by atomic mass is 10.1. The predicted octanol–water partition coefficient (Wildman–Crippen LogP) is 0.913. The molecule has 0 aromatic carbocycles. The minimum absolute atomic E-state index is 0.245. The molecule has 1 saturated carbocycles. The predicted molar refractivity (Wildman–Crippen MR) is 67.9 cm³/mol. The van der Waals surface area contributed by atoms with E-state index in [4.69, 9.17) is 4.74 Å². The van der Waals surface area contributed by atoms with Gasteiger partial charge >= 0.3 is 0 Å². The molecule has 1 aliphatic rings. The van der Waals surface area contributed by atoms with Crippen LogP contribution in [0.2, 0.25) is 0 Å². The fourth-order valence-corrected chi connectivity index (χ4v) is 1.99. The Bertz CT molecular complexity index is 193. The van der Waals surface area contributed by atoms with Gasteiger partial charge < -0.3 is 20.3 Å². The topological polar surface area (TPSA) is 61.7 Å². The van der Waals surface area contributed by atoms with Gasteiger partial charge in [-0.3, -0.25) is 0 Å². The number of rotatable bonds is 8. The molecule has 0 radical (unpaired) electrons. The highest BCUT2D eigenvalue weighted by molar-refractivity contribution is 4.69. The van der Waals surface area contributed by atoms with Gasteiger partial charge in [0.15, 0.2) is 0 Å². The Morgan fingerprint density at radius 1 is 1.18 bits per heavy atom. The summed E-state index contributed by atoms with van der Waals surface area (Å²) >= 11 is 0. The Hall–Kier alpha value is -0.160. The van der Waals surface area contributed by atoms with E-state index in [9.17, 15) is 10.2 Å². The maximum atomic E-state index is 9.69. The summed E-state index contributed by atoms with van der Waals surface area (Å²) in [4.78, 5) is 0. The second-order valence-corrected chi connectivity index (χ2v) is 5.36. The molecule has 4 heteroatoms. The zero-order valence-corrected chi connectivity index (χ0v) is 11.1. The normalized spacial score (nSPS) is 21.0. The summed E-state index contributed by atoms with van der Waals surface area (Å²) in [7, 11) is 0. The van der Waals surface area contributed by atoms with E-state index in [0.29, 0.717) is 25.8 Å². The molecule has 2 unspecified atom stereocenters. The maximum absolute atomic E-state index is 9.69. The van der Waals surface area contributed by atoms with Crippen molar-refractivity contribution >= 4 is 0 Å².